The second-order valence-corrected chi connectivity index (χ2v) is 2.36. The average Bonchev–Trinajstić information content (AvgIpc) is 2.38. The molecule has 0 unspecified atom stereocenters. The van der Waals surface area contributed by atoms with Crippen molar-refractivity contribution in [2.45, 2.75) is 6.02 Å². The lowest BCUT2D eigenvalue weighted by Gasteiger charge is -2.26. The van der Waals surface area contributed by atoms with Crippen LogP contribution in [0.5, 0.6) is 0 Å². The molecule has 2 rings (SSSR count). The topological polar surface area (TPSA) is 27.1 Å². The molecule has 0 aliphatic carbocycles. The van der Waals surface area contributed by atoms with E-state index in [0.717, 1.165) is 0 Å². The molecule has 1 aliphatic heterocycles. The maximum atomic E-state index is 7.89. The summed E-state index contributed by atoms with van der Waals surface area (Å²) in [6.07, 6.45) is -1.02. The molecule has 0 bridgehead atoms. The van der Waals surface area contributed by atoms with Crippen LogP contribution in [0.25, 0.3) is 0 Å². The van der Waals surface area contributed by atoms with Gasteiger partial charge in [0.05, 0.1) is 33.7 Å². The molecule has 1 aliphatic rings. The van der Waals surface area contributed by atoms with Crippen LogP contribution in [0.1, 0.15) is 15.6 Å². The lowest BCUT2D eigenvalue weighted by molar-refractivity contribution is -0.0233. The van der Waals surface area contributed by atoms with Gasteiger partial charge < -0.3 is 9.30 Å². The largest absolute Gasteiger partial charge is 0.377 e. The SMILES string of the molecule is [2H]c1nc(Br)c([2H])n1C1([2H])C([2H])([2H])OC1([2H])[2H]. The van der Waals surface area contributed by atoms with E-state index in [1.165, 1.54) is 0 Å². The van der Waals surface area contributed by atoms with Gasteiger partial charge in [0, 0.05) is 6.17 Å². The highest BCUT2D eigenvalue weighted by Gasteiger charge is 2.19. The summed E-state index contributed by atoms with van der Waals surface area (Å²) in [6.45, 7) is -5.27. The molecule has 1 fully saturated rings. The normalized spacial score (nSPS) is 42.3. The van der Waals surface area contributed by atoms with E-state index in [9.17, 15) is 0 Å². The third-order valence-electron chi connectivity index (χ3n) is 0.971. The summed E-state index contributed by atoms with van der Waals surface area (Å²) in [5, 5.41) is 0. The van der Waals surface area contributed by atoms with Crippen LogP contribution < -0.4 is 0 Å². The minimum atomic E-state index is -2.64. The maximum absolute atomic E-state index is 7.89. The lowest BCUT2D eigenvalue weighted by Crippen LogP contribution is -2.29. The number of rotatable bonds is 1. The Hall–Kier alpha value is -0.350. The van der Waals surface area contributed by atoms with E-state index >= 15 is 0 Å². The number of halogens is 1. The lowest BCUT2D eigenvalue weighted by atomic mass is 10.3. The summed E-state index contributed by atoms with van der Waals surface area (Å²) in [6, 6.07) is -2.55. The third-order valence-corrected chi connectivity index (χ3v) is 1.33. The highest BCUT2D eigenvalue weighted by Crippen LogP contribution is 2.18. The van der Waals surface area contributed by atoms with Crippen LogP contribution in [0.2, 0.25) is 0 Å². The molecule has 4 heteroatoms. The molecule has 10 heavy (non-hydrogen) atoms. The molecule has 3 nitrogen and oxygen atoms in total. The molecular formula is C6H7BrN2O. The van der Waals surface area contributed by atoms with Crippen LogP contribution in [-0.2, 0) is 4.74 Å². The van der Waals surface area contributed by atoms with Gasteiger partial charge in [-0.25, -0.2) is 4.98 Å². The summed E-state index contributed by atoms with van der Waals surface area (Å²) in [5.41, 5.74) is 0. The summed E-state index contributed by atoms with van der Waals surface area (Å²) in [7, 11) is 0. The molecule has 1 aromatic rings. The number of hydrogen-bond donors (Lipinski definition) is 0. The molecule has 1 aromatic heterocycles. The zero-order valence-corrected chi connectivity index (χ0v) is 6.27. The van der Waals surface area contributed by atoms with Crippen molar-refractivity contribution in [3.63, 3.8) is 0 Å². The Balaban J connectivity index is 2.66. The van der Waals surface area contributed by atoms with Crippen LogP contribution in [0.4, 0.5) is 0 Å². The second kappa shape index (κ2) is 2.36. The number of ether oxygens (including phenoxy) is 1. The fourth-order valence-electron chi connectivity index (χ4n) is 0.530. The van der Waals surface area contributed by atoms with Gasteiger partial charge in [0.25, 0.3) is 0 Å². The van der Waals surface area contributed by atoms with Crippen molar-refractivity contribution in [1.29, 1.82) is 0 Å². The molecule has 0 N–H and O–H groups in total. The Morgan fingerprint density at radius 2 is 2.90 bits per heavy atom. The van der Waals surface area contributed by atoms with Crippen LogP contribution in [-0.4, -0.2) is 22.7 Å². The summed E-state index contributed by atoms with van der Waals surface area (Å²) >= 11 is 2.88. The van der Waals surface area contributed by atoms with Crippen molar-refractivity contribution in [3.8, 4) is 0 Å². The molecule has 54 valence electrons. The van der Waals surface area contributed by atoms with Gasteiger partial charge in [-0.3, -0.25) is 0 Å². The second-order valence-electron chi connectivity index (χ2n) is 1.60. The van der Waals surface area contributed by atoms with Crippen molar-refractivity contribution in [1.82, 2.24) is 9.55 Å². The van der Waals surface area contributed by atoms with E-state index in [-0.39, 0.29) is 4.60 Å². The van der Waals surface area contributed by atoms with Gasteiger partial charge in [0.2, 0.25) is 0 Å². The molecule has 2 heterocycles. The first-order valence-corrected chi connectivity index (χ1v) is 3.26. The highest BCUT2D eigenvalue weighted by molar-refractivity contribution is 9.10. The fourth-order valence-corrected chi connectivity index (χ4v) is 0.787. The first-order chi connectivity index (χ1) is 7.54. The summed E-state index contributed by atoms with van der Waals surface area (Å²) in [4.78, 5) is 3.54. The number of aromatic nitrogens is 2. The quantitative estimate of drug-likeness (QED) is 0.696. The molecule has 0 amide bonds. The van der Waals surface area contributed by atoms with Gasteiger partial charge >= 0.3 is 0 Å². The zero-order chi connectivity index (χ0) is 13.2. The third kappa shape index (κ3) is 0.973. The number of hydrogen-bond acceptors (Lipinski definition) is 2. The summed E-state index contributed by atoms with van der Waals surface area (Å²) < 4.78 is 57.4. The Labute approximate surface area is 77.0 Å². The van der Waals surface area contributed by atoms with Gasteiger partial charge in [0.15, 0.2) is 0 Å². The van der Waals surface area contributed by atoms with Crippen LogP contribution in [0, 0.1) is 0 Å². The average molecular weight is 210 g/mol. The first-order valence-electron chi connectivity index (χ1n) is 5.97. The Morgan fingerprint density at radius 1 is 2.10 bits per heavy atom. The summed E-state index contributed by atoms with van der Waals surface area (Å²) in [5.74, 6) is 0. The van der Waals surface area contributed by atoms with Gasteiger partial charge in [0.1, 0.15) is 5.97 Å². The van der Waals surface area contributed by atoms with E-state index < -0.39 is 31.6 Å². The van der Waals surface area contributed by atoms with E-state index in [4.69, 9.17) is 9.60 Å². The van der Waals surface area contributed by atoms with E-state index in [1.807, 2.05) is 0 Å². The molecule has 0 radical (unpaired) electrons. The minimum absolute atomic E-state index is 0.0485. The standard InChI is InChI=1S/C6H7BrN2O/c7-6-1-9(4-8-6)5-2-10-3-5/h1,4-5H,2-3H2/i1D,2D2,3D2,4D,5D. The Morgan fingerprint density at radius 3 is 3.40 bits per heavy atom. The minimum Gasteiger partial charge on any atom is -0.377 e. The van der Waals surface area contributed by atoms with Crippen molar-refractivity contribution < 1.29 is 14.3 Å². The fraction of sp³-hybridized carbons (Fsp3) is 0.500. The van der Waals surface area contributed by atoms with Crippen LogP contribution in [0.15, 0.2) is 17.1 Å². The Kier molecular flexibility index (Phi) is 0.547. The molecule has 0 spiro atoms. The van der Waals surface area contributed by atoms with E-state index in [1.54, 1.807) is 0 Å². The van der Waals surface area contributed by atoms with Crippen molar-refractivity contribution in [3.05, 3.63) is 17.1 Å². The number of imidazole rings is 1. The zero-order valence-electron chi connectivity index (χ0n) is 11.7. The van der Waals surface area contributed by atoms with Crippen molar-refractivity contribution >= 4 is 15.9 Å². The smallest absolute Gasteiger partial charge is 0.124 e. The van der Waals surface area contributed by atoms with Crippen LogP contribution >= 0.6 is 15.9 Å². The van der Waals surface area contributed by atoms with Crippen molar-refractivity contribution in [2.24, 2.45) is 0 Å². The van der Waals surface area contributed by atoms with E-state index in [2.05, 4.69) is 25.7 Å². The highest BCUT2D eigenvalue weighted by atomic mass is 79.9. The van der Waals surface area contributed by atoms with Gasteiger partial charge in [-0.2, -0.15) is 0 Å². The van der Waals surface area contributed by atoms with Gasteiger partial charge in [-0.05, 0) is 15.9 Å². The molecule has 0 atom stereocenters. The van der Waals surface area contributed by atoms with Gasteiger partial charge in [-0.1, -0.05) is 0 Å². The van der Waals surface area contributed by atoms with Gasteiger partial charge in [-0.15, -0.1) is 0 Å². The van der Waals surface area contributed by atoms with E-state index in [0.29, 0.717) is 4.57 Å². The maximum Gasteiger partial charge on any atom is 0.124 e. The molecule has 0 aromatic carbocycles. The van der Waals surface area contributed by atoms with Crippen molar-refractivity contribution in [2.75, 3.05) is 13.1 Å². The monoisotopic (exact) mass is 209 g/mol. The Bertz CT molecular complexity index is 473. The predicted molar refractivity (Wildman–Crippen MR) is 39.8 cm³/mol. The molecular weight excluding hydrogens is 196 g/mol. The molecule has 1 saturated heterocycles. The predicted octanol–water partition coefficient (Wildman–Crippen LogP) is 1.22. The first kappa shape index (κ1) is 2.32. The number of nitrogens with zero attached hydrogens (tertiary/aromatic N) is 2. The molecule has 0 saturated carbocycles. The van der Waals surface area contributed by atoms with Crippen LogP contribution in [0.3, 0.4) is 0 Å².